The van der Waals surface area contributed by atoms with Crippen molar-refractivity contribution in [3.8, 4) is 0 Å². The van der Waals surface area contributed by atoms with Crippen molar-refractivity contribution in [2.45, 2.75) is 63.8 Å². The minimum atomic E-state index is -1.25. The Morgan fingerprint density at radius 1 is 1.07 bits per heavy atom. The van der Waals surface area contributed by atoms with Crippen molar-refractivity contribution in [2.75, 3.05) is 35.2 Å². The molecule has 0 bridgehead atoms. The van der Waals surface area contributed by atoms with Gasteiger partial charge in [0.05, 0.1) is 12.2 Å². The zero-order valence-corrected chi connectivity index (χ0v) is 25.0. The second-order valence-electron chi connectivity index (χ2n) is 12.4. The van der Waals surface area contributed by atoms with E-state index in [1.165, 1.54) is 11.1 Å². The smallest absolute Gasteiger partial charge is 0.281 e. The number of carbonyl (C=O) groups is 2. The molecule has 2 aliphatic heterocycles. The zero-order chi connectivity index (χ0) is 29.8. The van der Waals surface area contributed by atoms with Gasteiger partial charge in [0.1, 0.15) is 10.6 Å². The van der Waals surface area contributed by atoms with E-state index in [4.69, 9.17) is 11.5 Å². The molecule has 1 fully saturated rings. The number of nitrogens with zero attached hydrogens (tertiary/aromatic N) is 6. The topological polar surface area (TPSA) is 171 Å². The van der Waals surface area contributed by atoms with Gasteiger partial charge in [0.25, 0.3) is 11.8 Å². The van der Waals surface area contributed by atoms with Gasteiger partial charge in [-0.1, -0.05) is 24.3 Å². The van der Waals surface area contributed by atoms with Crippen LogP contribution in [0.1, 0.15) is 78.2 Å². The molecule has 42 heavy (non-hydrogen) atoms. The summed E-state index contributed by atoms with van der Waals surface area (Å²) in [5.74, 6) is -0.341. The molecule has 6 rings (SSSR count). The first kappa shape index (κ1) is 28.4. The molecule has 3 aliphatic rings. The maximum Gasteiger partial charge on any atom is 0.281 e. The van der Waals surface area contributed by atoms with Gasteiger partial charge in [0.15, 0.2) is 23.0 Å². The van der Waals surface area contributed by atoms with Crippen LogP contribution < -0.4 is 26.0 Å². The average molecular weight is 592 g/mol. The van der Waals surface area contributed by atoms with Gasteiger partial charge < -0.3 is 20.9 Å². The summed E-state index contributed by atoms with van der Waals surface area (Å²) in [5.41, 5.74) is 14.2. The van der Waals surface area contributed by atoms with E-state index in [1.54, 1.807) is 21.8 Å². The second kappa shape index (κ2) is 10.5. The van der Waals surface area contributed by atoms with Gasteiger partial charge in [-0.3, -0.25) is 14.5 Å². The van der Waals surface area contributed by atoms with Gasteiger partial charge in [-0.15, -0.1) is 4.72 Å². The first-order valence-corrected chi connectivity index (χ1v) is 15.5. The van der Waals surface area contributed by atoms with Crippen LogP contribution in [-0.2, 0) is 24.3 Å². The number of carbonyl (C=O) groups excluding carboxylic acids is 2. The predicted octanol–water partition coefficient (Wildman–Crippen LogP) is 2.34. The van der Waals surface area contributed by atoms with Crippen LogP contribution in [0, 0.1) is 5.41 Å². The summed E-state index contributed by atoms with van der Waals surface area (Å²) in [6.07, 6.45) is 4.76. The normalized spacial score (nSPS) is 20.3. The van der Waals surface area contributed by atoms with Gasteiger partial charge in [0, 0.05) is 49.0 Å². The first-order valence-electron chi connectivity index (χ1n) is 14.3. The Balaban J connectivity index is 1.26. The fraction of sp³-hybridized carbons (Fsp3) is 0.483. The molecule has 1 aliphatic carbocycles. The van der Waals surface area contributed by atoms with Gasteiger partial charge in [-0.05, 0) is 57.6 Å². The predicted molar refractivity (Wildman–Crippen MR) is 161 cm³/mol. The van der Waals surface area contributed by atoms with Crippen LogP contribution in [0.5, 0.6) is 0 Å². The minimum Gasteiger partial charge on any atom is -0.598 e. The molecule has 1 spiro atoms. The summed E-state index contributed by atoms with van der Waals surface area (Å²) in [5, 5.41) is 4.26. The van der Waals surface area contributed by atoms with E-state index < -0.39 is 27.9 Å². The molecule has 2 atom stereocenters. The number of aromatic nitrogens is 4. The Morgan fingerprint density at radius 2 is 1.81 bits per heavy atom. The number of nitrogen functional groups attached to an aromatic ring is 1. The van der Waals surface area contributed by atoms with Gasteiger partial charge in [-0.2, -0.15) is 5.10 Å². The molecule has 4 heterocycles. The Kier molecular flexibility index (Phi) is 7.14. The third kappa shape index (κ3) is 4.88. The lowest BCUT2D eigenvalue weighted by molar-refractivity contribution is 0.0976. The zero-order valence-electron chi connectivity index (χ0n) is 24.2. The van der Waals surface area contributed by atoms with Crippen molar-refractivity contribution in [3.05, 3.63) is 59.0 Å². The summed E-state index contributed by atoms with van der Waals surface area (Å²) in [6, 6.07) is 10.0. The van der Waals surface area contributed by atoms with Crippen LogP contribution in [0.15, 0.2) is 36.5 Å². The molecular formula is C29H37N9O3S. The summed E-state index contributed by atoms with van der Waals surface area (Å²) >= 11 is -1.25. The summed E-state index contributed by atoms with van der Waals surface area (Å²) in [7, 11) is 0. The Labute approximate surface area is 248 Å². The van der Waals surface area contributed by atoms with Crippen molar-refractivity contribution in [2.24, 2.45) is 11.1 Å². The number of hydrogen-bond acceptors (Lipinski definition) is 9. The van der Waals surface area contributed by atoms with Crippen LogP contribution in [0.3, 0.4) is 0 Å². The van der Waals surface area contributed by atoms with Gasteiger partial charge in [0.2, 0.25) is 0 Å². The van der Waals surface area contributed by atoms with Crippen molar-refractivity contribution in [1.82, 2.24) is 24.5 Å². The number of aryl methyl sites for hydroxylation is 1. The number of nitrogens with one attached hydrogen (secondary N) is 1. The number of fused-ring (bicyclic) bond motifs is 2. The van der Waals surface area contributed by atoms with Crippen molar-refractivity contribution in [1.29, 1.82) is 0 Å². The molecule has 13 heteroatoms. The van der Waals surface area contributed by atoms with Crippen molar-refractivity contribution < 1.29 is 14.1 Å². The molecule has 2 unspecified atom stereocenters. The summed E-state index contributed by atoms with van der Waals surface area (Å²) < 4.78 is 18.0. The lowest BCUT2D eigenvalue weighted by atomic mass is 9.73. The molecule has 2 amide bonds. The van der Waals surface area contributed by atoms with E-state index in [2.05, 4.69) is 31.9 Å². The number of hydrogen-bond donors (Lipinski definition) is 3. The lowest BCUT2D eigenvalue weighted by Crippen LogP contribution is -2.50. The minimum absolute atomic E-state index is 0.0506. The van der Waals surface area contributed by atoms with Gasteiger partial charge in [-0.25, -0.2) is 14.6 Å². The van der Waals surface area contributed by atoms with Crippen molar-refractivity contribution in [3.63, 3.8) is 0 Å². The molecule has 12 nitrogen and oxygen atoms in total. The molecule has 3 aromatic rings. The fourth-order valence-corrected chi connectivity index (χ4v) is 7.37. The summed E-state index contributed by atoms with van der Waals surface area (Å²) in [4.78, 5) is 38.6. The van der Waals surface area contributed by atoms with Crippen LogP contribution in [0.2, 0.25) is 0 Å². The number of nitrogens with two attached hydrogens (primary N) is 2. The molecule has 222 valence electrons. The highest BCUT2D eigenvalue weighted by atomic mass is 32.2. The third-order valence-corrected chi connectivity index (χ3v) is 10.2. The highest BCUT2D eigenvalue weighted by Gasteiger charge is 2.50. The maximum atomic E-state index is 13.5. The standard InChI is InChI=1S/C29H37N9O3S/c1-28(2,3)42(41)35-23-19-8-5-4-7-18(19)17-29(23)10-15-36(16-11-29)26-22(25(31)39)33-21(24(30)34-26)27(40)37-13-6-14-38-20(37)9-12-32-38/h4-5,7-9,12,23,35H,6,10-11,13-17H2,1-3H3,(H2,30,34)(H2,31,39). The number of rotatable bonds is 5. The number of amides is 2. The SMILES string of the molecule is CC(C)(C)[S+]([O-])NC1c2ccccc2CC12CCN(c1nc(N)c(C(=O)N3CCCn4nccc43)nc1C(N)=O)CC2. The van der Waals surface area contributed by atoms with Gasteiger partial charge >= 0.3 is 0 Å². The molecule has 1 saturated heterocycles. The number of benzene rings is 1. The second-order valence-corrected chi connectivity index (χ2v) is 14.4. The largest absolute Gasteiger partial charge is 0.598 e. The number of primary amides is 1. The number of anilines is 3. The Morgan fingerprint density at radius 3 is 2.52 bits per heavy atom. The van der Waals surface area contributed by atoms with E-state index >= 15 is 0 Å². The molecule has 5 N–H and O–H groups in total. The average Bonchev–Trinajstić information content (AvgIpc) is 3.55. The van der Waals surface area contributed by atoms with Crippen molar-refractivity contribution >= 4 is 40.6 Å². The van der Waals surface area contributed by atoms with Crippen LogP contribution in [0.4, 0.5) is 17.5 Å². The molecule has 2 aromatic heterocycles. The fourth-order valence-electron chi connectivity index (χ4n) is 6.43. The number of piperidine rings is 1. The van der Waals surface area contributed by atoms with E-state index in [1.807, 2.05) is 37.8 Å². The first-order chi connectivity index (χ1) is 20.0. The van der Waals surface area contributed by atoms with E-state index in [-0.39, 0.29) is 34.5 Å². The lowest BCUT2D eigenvalue weighted by Gasteiger charge is -2.44. The Hall–Kier alpha value is -3.68. The third-order valence-electron chi connectivity index (χ3n) is 8.67. The quantitative estimate of drug-likeness (QED) is 0.377. The molecular weight excluding hydrogens is 554 g/mol. The monoisotopic (exact) mass is 591 g/mol. The van der Waals surface area contributed by atoms with E-state index in [0.717, 1.165) is 25.7 Å². The molecule has 0 saturated carbocycles. The molecule has 0 radical (unpaired) electrons. The highest BCUT2D eigenvalue weighted by Crippen LogP contribution is 2.53. The van der Waals surface area contributed by atoms with E-state index in [0.29, 0.717) is 32.0 Å². The summed E-state index contributed by atoms with van der Waals surface area (Å²) in [6.45, 7) is 8.23. The van der Waals surface area contributed by atoms with Crippen LogP contribution in [0.25, 0.3) is 0 Å². The Bertz CT molecular complexity index is 1530. The molecule has 1 aromatic carbocycles. The maximum absolute atomic E-state index is 13.5. The van der Waals surface area contributed by atoms with Crippen LogP contribution in [-0.4, -0.2) is 60.5 Å². The van der Waals surface area contributed by atoms with Crippen LogP contribution >= 0.6 is 0 Å². The highest BCUT2D eigenvalue weighted by molar-refractivity contribution is 7.90. The van der Waals surface area contributed by atoms with E-state index in [9.17, 15) is 14.1 Å².